The monoisotopic (exact) mass is 431 g/mol. The number of hydrogen-bond donors (Lipinski definition) is 1. The Bertz CT molecular complexity index is 1180. The molecule has 0 atom stereocenters. The molecule has 6 nitrogen and oxygen atoms in total. The molecule has 0 bridgehead atoms. The van der Waals surface area contributed by atoms with Gasteiger partial charge in [0, 0.05) is 17.0 Å². The van der Waals surface area contributed by atoms with Crippen molar-refractivity contribution in [3.63, 3.8) is 0 Å². The van der Waals surface area contributed by atoms with Crippen molar-refractivity contribution < 1.29 is 18.0 Å². The van der Waals surface area contributed by atoms with Crippen LogP contribution in [0.1, 0.15) is 26.8 Å². The molecule has 0 aliphatic heterocycles. The van der Waals surface area contributed by atoms with Gasteiger partial charge in [-0.15, -0.1) is 16.4 Å². The lowest BCUT2D eigenvalue weighted by Crippen LogP contribution is -2.26. The number of aryl methyl sites for hydroxylation is 1. The highest BCUT2D eigenvalue weighted by Gasteiger charge is 2.36. The molecule has 1 N–H and O–H groups in total. The van der Waals surface area contributed by atoms with E-state index in [2.05, 4.69) is 20.4 Å². The summed E-state index contributed by atoms with van der Waals surface area (Å²) >= 11 is 1.56. The number of nitrogens with one attached hydrogen (secondary N) is 1. The molecule has 0 saturated carbocycles. The van der Waals surface area contributed by atoms with Crippen LogP contribution >= 0.6 is 11.3 Å². The average Bonchev–Trinajstić information content (AvgIpc) is 3.36. The zero-order chi connectivity index (χ0) is 21.3. The van der Waals surface area contributed by atoms with Gasteiger partial charge < -0.3 is 5.32 Å². The van der Waals surface area contributed by atoms with E-state index in [4.69, 9.17) is 0 Å². The quantitative estimate of drug-likeness (QED) is 0.515. The van der Waals surface area contributed by atoms with Crippen LogP contribution in [-0.4, -0.2) is 32.0 Å². The second-order valence-electron chi connectivity index (χ2n) is 6.62. The van der Waals surface area contributed by atoms with Gasteiger partial charge in [-0.1, -0.05) is 35.9 Å². The summed E-state index contributed by atoms with van der Waals surface area (Å²) in [5.41, 5.74) is 0.540. The van der Waals surface area contributed by atoms with Crippen LogP contribution in [0.2, 0.25) is 0 Å². The van der Waals surface area contributed by atoms with Crippen LogP contribution < -0.4 is 5.32 Å². The Balaban J connectivity index is 1.66. The molecule has 0 unspecified atom stereocenters. The van der Waals surface area contributed by atoms with Crippen molar-refractivity contribution in [2.75, 3.05) is 6.54 Å². The van der Waals surface area contributed by atoms with E-state index in [0.717, 1.165) is 16.5 Å². The van der Waals surface area contributed by atoms with Crippen LogP contribution in [0, 0.1) is 6.92 Å². The molecule has 30 heavy (non-hydrogen) atoms. The molecule has 1 amide bonds. The van der Waals surface area contributed by atoms with E-state index in [-0.39, 0.29) is 17.3 Å². The average molecular weight is 431 g/mol. The number of nitrogens with zero attached hydrogens (tertiary/aromatic N) is 4. The van der Waals surface area contributed by atoms with Gasteiger partial charge in [0.1, 0.15) is 0 Å². The summed E-state index contributed by atoms with van der Waals surface area (Å²) in [5.74, 6) is -1.30. The van der Waals surface area contributed by atoms with Crippen LogP contribution in [0.25, 0.3) is 17.0 Å². The summed E-state index contributed by atoms with van der Waals surface area (Å²) in [7, 11) is 0. The number of carbonyl (C=O) groups is 1. The maximum absolute atomic E-state index is 13.6. The van der Waals surface area contributed by atoms with Crippen molar-refractivity contribution in [3.05, 3.63) is 69.8 Å². The summed E-state index contributed by atoms with van der Waals surface area (Å²) in [5, 5.41) is 8.31. The molecule has 0 saturated heterocycles. The molecule has 3 aromatic heterocycles. The van der Waals surface area contributed by atoms with Crippen molar-refractivity contribution in [2.24, 2.45) is 0 Å². The second kappa shape index (κ2) is 7.86. The van der Waals surface area contributed by atoms with E-state index < -0.39 is 17.8 Å². The van der Waals surface area contributed by atoms with Crippen molar-refractivity contribution in [1.29, 1.82) is 0 Å². The van der Waals surface area contributed by atoms with Gasteiger partial charge in [0.2, 0.25) is 5.82 Å². The highest BCUT2D eigenvalue weighted by molar-refractivity contribution is 7.09. The first kappa shape index (κ1) is 20.0. The van der Waals surface area contributed by atoms with Gasteiger partial charge in [0.25, 0.3) is 11.7 Å². The topological polar surface area (TPSA) is 72.2 Å². The van der Waals surface area contributed by atoms with Crippen LogP contribution in [-0.2, 0) is 12.6 Å². The first-order valence-electron chi connectivity index (χ1n) is 9.04. The van der Waals surface area contributed by atoms with Gasteiger partial charge in [-0.2, -0.15) is 22.7 Å². The zero-order valence-corrected chi connectivity index (χ0v) is 16.6. The molecule has 0 fully saturated rings. The minimum atomic E-state index is -4.69. The number of benzene rings is 1. The van der Waals surface area contributed by atoms with Gasteiger partial charge in [0.05, 0.1) is 5.69 Å². The first-order valence-corrected chi connectivity index (χ1v) is 9.92. The summed E-state index contributed by atoms with van der Waals surface area (Å²) in [4.78, 5) is 21.5. The summed E-state index contributed by atoms with van der Waals surface area (Å²) in [6, 6.07) is 11.7. The first-order chi connectivity index (χ1) is 14.3. The number of fused-ring (bicyclic) bond motifs is 1. The molecular formula is C20H16F3N5OS. The number of alkyl halides is 3. The third kappa shape index (κ3) is 4.18. The fourth-order valence-electron chi connectivity index (χ4n) is 2.87. The number of amides is 1. The van der Waals surface area contributed by atoms with Crippen molar-refractivity contribution in [2.45, 2.75) is 19.5 Å². The van der Waals surface area contributed by atoms with Gasteiger partial charge in [-0.05, 0) is 30.9 Å². The molecule has 4 aromatic rings. The van der Waals surface area contributed by atoms with E-state index in [1.165, 1.54) is 0 Å². The van der Waals surface area contributed by atoms with E-state index >= 15 is 0 Å². The lowest BCUT2D eigenvalue weighted by molar-refractivity contribution is -0.142. The zero-order valence-electron chi connectivity index (χ0n) is 15.8. The third-order valence-electron chi connectivity index (χ3n) is 4.39. The smallest absolute Gasteiger partial charge is 0.349 e. The summed E-state index contributed by atoms with van der Waals surface area (Å²) in [6.45, 7) is 2.20. The van der Waals surface area contributed by atoms with Crippen molar-refractivity contribution in [3.8, 4) is 11.3 Å². The Morgan fingerprint density at radius 2 is 1.93 bits per heavy atom. The molecule has 0 spiro atoms. The Morgan fingerprint density at radius 3 is 2.60 bits per heavy atom. The van der Waals surface area contributed by atoms with E-state index in [1.807, 2.05) is 24.4 Å². The maximum atomic E-state index is 13.6. The Kier molecular flexibility index (Phi) is 5.25. The van der Waals surface area contributed by atoms with Gasteiger partial charge >= 0.3 is 6.18 Å². The molecule has 3 heterocycles. The minimum absolute atomic E-state index is 0.104. The number of halogens is 3. The largest absolute Gasteiger partial charge is 0.433 e. The van der Waals surface area contributed by atoms with Crippen molar-refractivity contribution in [1.82, 2.24) is 24.9 Å². The number of aromatic nitrogens is 4. The molecule has 154 valence electrons. The predicted octanol–water partition coefficient (Wildman–Crippen LogP) is 4.15. The van der Waals surface area contributed by atoms with Crippen LogP contribution in [0.15, 0.2) is 47.8 Å². The number of rotatable bonds is 5. The van der Waals surface area contributed by atoms with Gasteiger partial charge in [0.15, 0.2) is 5.69 Å². The normalized spacial score (nSPS) is 11.7. The standard InChI is InChI=1S/C20H16F3N5OS/c1-12-4-6-13(7-5-12)15-11-16(20(21,22)23)28-19(25-15)26-17(27-28)18(29)24-9-8-14-3-2-10-30-14/h2-7,10-11H,8-9H2,1H3,(H,24,29). The van der Waals surface area contributed by atoms with E-state index in [1.54, 1.807) is 35.6 Å². The minimum Gasteiger partial charge on any atom is -0.349 e. The number of thiophene rings is 1. The second-order valence-corrected chi connectivity index (χ2v) is 7.66. The van der Waals surface area contributed by atoms with Crippen molar-refractivity contribution >= 4 is 23.0 Å². The SMILES string of the molecule is Cc1ccc(-c2cc(C(F)(F)F)n3nc(C(=O)NCCc4cccs4)nc3n2)cc1. The van der Waals surface area contributed by atoms with Gasteiger partial charge in [-0.3, -0.25) is 4.79 Å². The Morgan fingerprint density at radius 1 is 1.17 bits per heavy atom. The molecule has 0 aliphatic rings. The molecular weight excluding hydrogens is 415 g/mol. The van der Waals surface area contributed by atoms with Crippen LogP contribution in [0.4, 0.5) is 13.2 Å². The highest BCUT2D eigenvalue weighted by atomic mass is 32.1. The highest BCUT2D eigenvalue weighted by Crippen LogP contribution is 2.31. The number of hydrogen-bond acceptors (Lipinski definition) is 5. The molecule has 0 aliphatic carbocycles. The number of carbonyl (C=O) groups excluding carboxylic acids is 1. The van der Waals surface area contributed by atoms with E-state index in [0.29, 0.717) is 23.0 Å². The summed E-state index contributed by atoms with van der Waals surface area (Å²) in [6.07, 6.45) is -4.08. The fourth-order valence-corrected chi connectivity index (χ4v) is 3.58. The lowest BCUT2D eigenvalue weighted by Gasteiger charge is -2.10. The third-order valence-corrected chi connectivity index (χ3v) is 5.33. The molecule has 10 heteroatoms. The molecule has 4 rings (SSSR count). The van der Waals surface area contributed by atoms with Crippen LogP contribution in [0.5, 0.6) is 0 Å². The summed E-state index contributed by atoms with van der Waals surface area (Å²) < 4.78 is 41.5. The lowest BCUT2D eigenvalue weighted by atomic mass is 10.1. The molecule has 0 radical (unpaired) electrons. The maximum Gasteiger partial charge on any atom is 0.433 e. The Hall–Kier alpha value is -3.27. The van der Waals surface area contributed by atoms with Gasteiger partial charge in [-0.25, -0.2) is 4.98 Å². The molecule has 1 aromatic carbocycles. The van der Waals surface area contributed by atoms with E-state index in [9.17, 15) is 18.0 Å². The fraction of sp³-hybridized carbons (Fsp3) is 0.200. The predicted molar refractivity (Wildman–Crippen MR) is 106 cm³/mol. The Labute approximate surface area is 173 Å². The van der Waals surface area contributed by atoms with Crippen LogP contribution in [0.3, 0.4) is 0 Å².